The van der Waals surface area contributed by atoms with Crippen LogP contribution in [0.1, 0.15) is 64.7 Å². The number of unbranched alkanes of at least 4 members (excludes halogenated alkanes) is 3. The Morgan fingerprint density at radius 3 is 2.19 bits per heavy atom. The minimum Gasteiger partial charge on any atom is -0.481 e. The van der Waals surface area contributed by atoms with Gasteiger partial charge in [-0.3, -0.25) is 4.79 Å². The first kappa shape index (κ1) is 27.4. The van der Waals surface area contributed by atoms with Gasteiger partial charge in [0.15, 0.2) is 0 Å². The second kappa shape index (κ2) is 13.0. The number of allylic oxidation sites excluding steroid dienone is 3. The topological polar surface area (TPSA) is 98.0 Å². The molecule has 4 N–H and O–H groups in total. The fourth-order valence-corrected chi connectivity index (χ4v) is 4.20. The SMILES string of the molecule is C=C(C=CC(=CC)C(O)CCC1C(O)CC(O)C1CCCCCCC(=O)O)C(F)(F)F. The van der Waals surface area contributed by atoms with Crippen LogP contribution in [0.5, 0.6) is 0 Å². The Balaban J connectivity index is 2.56. The van der Waals surface area contributed by atoms with Gasteiger partial charge in [-0.05, 0) is 56.4 Å². The standard InChI is InChI=1S/C23H35F3O5/c1-3-16(11-10-15(2)23(24,25)26)19(27)13-12-18-17(20(28)14-21(18)29)8-6-4-5-7-9-22(30)31/h3,10-11,17-21,27-29H,2,4-9,12-14H2,1H3,(H,30,31). The first-order valence-electron chi connectivity index (χ1n) is 10.8. The van der Waals surface area contributed by atoms with Crippen LogP contribution in [-0.2, 0) is 4.79 Å². The molecule has 1 aliphatic carbocycles. The molecule has 5 unspecified atom stereocenters. The number of alkyl halides is 3. The third-order valence-corrected chi connectivity index (χ3v) is 6.03. The zero-order valence-corrected chi connectivity index (χ0v) is 18.0. The second-order valence-corrected chi connectivity index (χ2v) is 8.28. The van der Waals surface area contributed by atoms with E-state index >= 15 is 0 Å². The number of aliphatic hydroxyl groups excluding tert-OH is 3. The van der Waals surface area contributed by atoms with Crippen molar-refractivity contribution in [3.8, 4) is 0 Å². The highest BCUT2D eigenvalue weighted by Crippen LogP contribution is 2.39. The molecule has 0 spiro atoms. The van der Waals surface area contributed by atoms with Gasteiger partial charge < -0.3 is 20.4 Å². The first-order valence-corrected chi connectivity index (χ1v) is 10.8. The fraction of sp³-hybridized carbons (Fsp3) is 0.696. The van der Waals surface area contributed by atoms with E-state index in [1.807, 2.05) is 0 Å². The predicted molar refractivity (Wildman–Crippen MR) is 112 cm³/mol. The lowest BCUT2D eigenvalue weighted by Crippen LogP contribution is -2.24. The highest BCUT2D eigenvalue weighted by molar-refractivity contribution is 5.66. The number of rotatable bonds is 13. The summed E-state index contributed by atoms with van der Waals surface area (Å²) in [7, 11) is 0. The van der Waals surface area contributed by atoms with E-state index in [1.165, 1.54) is 6.08 Å². The zero-order valence-electron chi connectivity index (χ0n) is 18.0. The van der Waals surface area contributed by atoms with Crippen molar-refractivity contribution in [2.24, 2.45) is 11.8 Å². The number of carboxylic acids is 1. The monoisotopic (exact) mass is 448 g/mol. The van der Waals surface area contributed by atoms with E-state index in [-0.39, 0.29) is 31.1 Å². The molecule has 5 atom stereocenters. The van der Waals surface area contributed by atoms with E-state index in [2.05, 4.69) is 6.58 Å². The largest absolute Gasteiger partial charge is 0.481 e. The van der Waals surface area contributed by atoms with Crippen LogP contribution < -0.4 is 0 Å². The quantitative estimate of drug-likeness (QED) is 0.245. The van der Waals surface area contributed by atoms with E-state index in [0.717, 1.165) is 25.3 Å². The average Bonchev–Trinajstić information content (AvgIpc) is 2.94. The van der Waals surface area contributed by atoms with E-state index in [1.54, 1.807) is 13.0 Å². The average molecular weight is 449 g/mol. The maximum Gasteiger partial charge on any atom is 0.415 e. The second-order valence-electron chi connectivity index (χ2n) is 8.28. The number of carboxylic acid groups (broad SMARTS) is 1. The maximum absolute atomic E-state index is 12.6. The van der Waals surface area contributed by atoms with Gasteiger partial charge in [0, 0.05) is 12.0 Å². The zero-order chi connectivity index (χ0) is 23.6. The Labute approximate surface area is 182 Å². The van der Waals surface area contributed by atoms with Gasteiger partial charge >= 0.3 is 12.1 Å². The Kier molecular flexibility index (Phi) is 11.5. The highest BCUT2D eigenvalue weighted by atomic mass is 19.4. The van der Waals surface area contributed by atoms with Crippen LogP contribution in [-0.4, -0.2) is 50.9 Å². The normalized spacial score (nSPS) is 25.8. The van der Waals surface area contributed by atoms with Gasteiger partial charge in [-0.25, -0.2) is 0 Å². The van der Waals surface area contributed by atoms with E-state index < -0.39 is 36.0 Å². The third-order valence-electron chi connectivity index (χ3n) is 6.03. The fourth-order valence-electron chi connectivity index (χ4n) is 4.20. The first-order chi connectivity index (χ1) is 14.5. The summed E-state index contributed by atoms with van der Waals surface area (Å²) in [5, 5.41) is 39.7. The van der Waals surface area contributed by atoms with Crippen LogP contribution in [0, 0.1) is 11.8 Å². The minimum absolute atomic E-state index is 0.115. The summed E-state index contributed by atoms with van der Waals surface area (Å²) in [4.78, 5) is 10.5. The van der Waals surface area contributed by atoms with Crippen molar-refractivity contribution in [1.82, 2.24) is 0 Å². The summed E-state index contributed by atoms with van der Waals surface area (Å²) in [5.74, 6) is -1.13. The summed E-state index contributed by atoms with van der Waals surface area (Å²) < 4.78 is 37.7. The van der Waals surface area contributed by atoms with E-state index in [4.69, 9.17) is 5.11 Å². The molecule has 1 saturated carbocycles. The smallest absolute Gasteiger partial charge is 0.415 e. The summed E-state index contributed by atoms with van der Waals surface area (Å²) in [6, 6.07) is 0. The van der Waals surface area contributed by atoms with Crippen LogP contribution in [0.25, 0.3) is 0 Å². The summed E-state index contributed by atoms with van der Waals surface area (Å²) >= 11 is 0. The van der Waals surface area contributed by atoms with Gasteiger partial charge in [0.05, 0.1) is 18.3 Å². The van der Waals surface area contributed by atoms with E-state index in [0.29, 0.717) is 24.8 Å². The summed E-state index contributed by atoms with van der Waals surface area (Å²) in [5.41, 5.74) is -0.662. The molecule has 0 bridgehead atoms. The van der Waals surface area contributed by atoms with Gasteiger partial charge in [0.2, 0.25) is 0 Å². The number of carbonyl (C=O) groups is 1. The molecule has 0 aromatic carbocycles. The van der Waals surface area contributed by atoms with Gasteiger partial charge in [-0.2, -0.15) is 13.2 Å². The van der Waals surface area contributed by atoms with Crippen molar-refractivity contribution < 1.29 is 38.4 Å². The number of aliphatic hydroxyl groups is 3. The third kappa shape index (κ3) is 9.58. The van der Waals surface area contributed by atoms with Crippen molar-refractivity contribution in [3.63, 3.8) is 0 Å². The molecule has 1 aliphatic rings. The Morgan fingerprint density at radius 2 is 1.65 bits per heavy atom. The van der Waals surface area contributed by atoms with Crippen molar-refractivity contribution in [2.45, 2.75) is 89.2 Å². The van der Waals surface area contributed by atoms with E-state index in [9.17, 15) is 33.3 Å². The molecule has 8 heteroatoms. The molecular formula is C23H35F3O5. The molecule has 0 aliphatic heterocycles. The molecule has 1 rings (SSSR count). The lowest BCUT2D eigenvalue weighted by molar-refractivity contribution is -0.137. The molecule has 0 saturated heterocycles. The Bertz CT molecular complexity index is 642. The van der Waals surface area contributed by atoms with Crippen molar-refractivity contribution in [1.29, 1.82) is 0 Å². The van der Waals surface area contributed by atoms with Crippen molar-refractivity contribution in [2.75, 3.05) is 0 Å². The van der Waals surface area contributed by atoms with Crippen LogP contribution in [0.4, 0.5) is 13.2 Å². The van der Waals surface area contributed by atoms with Gasteiger partial charge in [-0.15, -0.1) is 0 Å². The van der Waals surface area contributed by atoms with Crippen LogP contribution in [0.3, 0.4) is 0 Å². The lowest BCUT2D eigenvalue weighted by Gasteiger charge is -2.25. The lowest BCUT2D eigenvalue weighted by atomic mass is 9.84. The Hall–Kier alpha value is -1.64. The molecule has 0 aromatic rings. The van der Waals surface area contributed by atoms with Gasteiger partial charge in [0.1, 0.15) is 0 Å². The Morgan fingerprint density at radius 1 is 1.06 bits per heavy atom. The number of hydrogen-bond donors (Lipinski definition) is 4. The van der Waals surface area contributed by atoms with Crippen LogP contribution in [0.15, 0.2) is 36.0 Å². The maximum atomic E-state index is 12.6. The summed E-state index contributed by atoms with van der Waals surface area (Å²) in [6.07, 6.45) is 1.63. The molecule has 178 valence electrons. The van der Waals surface area contributed by atoms with Crippen LogP contribution >= 0.6 is 0 Å². The number of aliphatic carboxylic acids is 1. The minimum atomic E-state index is -4.52. The highest BCUT2D eigenvalue weighted by Gasteiger charge is 2.41. The molecule has 1 fully saturated rings. The molecule has 0 amide bonds. The molecule has 0 heterocycles. The van der Waals surface area contributed by atoms with Gasteiger partial charge in [-0.1, -0.05) is 44.1 Å². The van der Waals surface area contributed by atoms with Crippen molar-refractivity contribution >= 4 is 5.97 Å². The molecule has 5 nitrogen and oxygen atoms in total. The van der Waals surface area contributed by atoms with Crippen molar-refractivity contribution in [3.05, 3.63) is 36.0 Å². The number of hydrogen-bond acceptors (Lipinski definition) is 4. The molecule has 0 aromatic heterocycles. The summed E-state index contributed by atoms with van der Waals surface area (Å²) in [6.45, 7) is 4.60. The van der Waals surface area contributed by atoms with Crippen LogP contribution in [0.2, 0.25) is 0 Å². The van der Waals surface area contributed by atoms with Gasteiger partial charge in [0.25, 0.3) is 0 Å². The number of halogens is 3. The molecule has 31 heavy (non-hydrogen) atoms. The molecule has 0 radical (unpaired) electrons. The predicted octanol–water partition coefficient (Wildman–Crippen LogP) is 4.53. The molecular weight excluding hydrogens is 413 g/mol.